The van der Waals surface area contributed by atoms with Gasteiger partial charge in [-0.1, -0.05) is 33.6 Å². The summed E-state index contributed by atoms with van der Waals surface area (Å²) in [5, 5.41) is 9.39. The molecule has 0 spiro atoms. The van der Waals surface area contributed by atoms with E-state index < -0.39 is 5.82 Å². The molecular formula is C22H21BrClFN2O3. The molecule has 8 heteroatoms. The van der Waals surface area contributed by atoms with Crippen LogP contribution < -0.4 is 0 Å². The van der Waals surface area contributed by atoms with Crippen molar-refractivity contribution in [1.82, 2.24) is 9.55 Å². The highest BCUT2D eigenvalue weighted by molar-refractivity contribution is 9.10. The van der Waals surface area contributed by atoms with Gasteiger partial charge in [-0.3, -0.25) is 4.79 Å². The van der Waals surface area contributed by atoms with E-state index in [2.05, 4.69) is 20.9 Å². The Morgan fingerprint density at radius 3 is 2.87 bits per heavy atom. The zero-order valence-electron chi connectivity index (χ0n) is 16.2. The van der Waals surface area contributed by atoms with E-state index in [0.29, 0.717) is 22.0 Å². The molecule has 1 aliphatic carbocycles. The first-order chi connectivity index (χ1) is 14.5. The second-order valence-corrected chi connectivity index (χ2v) is 8.86. The maximum Gasteiger partial charge on any atom is 0.188 e. The largest absolute Gasteiger partial charge is 0.394 e. The molecule has 1 saturated carbocycles. The third-order valence-corrected chi connectivity index (χ3v) is 6.11. The summed E-state index contributed by atoms with van der Waals surface area (Å²) in [6.45, 7) is 0.395. The molecule has 1 N–H and O–H groups in total. The van der Waals surface area contributed by atoms with Crippen molar-refractivity contribution in [2.75, 3.05) is 19.8 Å². The summed E-state index contributed by atoms with van der Waals surface area (Å²) in [5.74, 6) is -0.267. The molecule has 0 unspecified atom stereocenters. The second-order valence-electron chi connectivity index (χ2n) is 7.54. The molecule has 1 aliphatic rings. The molecule has 4 rings (SSSR count). The predicted octanol–water partition coefficient (Wildman–Crippen LogP) is 4.78. The van der Waals surface area contributed by atoms with Gasteiger partial charge in [0.2, 0.25) is 0 Å². The number of fused-ring (bicyclic) bond motifs is 1. The lowest BCUT2D eigenvalue weighted by Crippen LogP contribution is -2.15. The van der Waals surface area contributed by atoms with Crippen LogP contribution in [-0.4, -0.2) is 40.3 Å². The van der Waals surface area contributed by atoms with Crippen LogP contribution in [0.2, 0.25) is 5.02 Å². The number of aromatic nitrogens is 2. The highest BCUT2D eigenvalue weighted by Crippen LogP contribution is 2.34. The third-order valence-electron chi connectivity index (χ3n) is 5.26. The van der Waals surface area contributed by atoms with Crippen LogP contribution in [0.1, 0.15) is 34.3 Å². The molecule has 0 aliphatic heterocycles. The number of carbonyl (C=O) groups is 1. The Morgan fingerprint density at radius 2 is 2.17 bits per heavy atom. The van der Waals surface area contributed by atoms with Crippen LogP contribution in [0.15, 0.2) is 35.1 Å². The Kier molecular flexibility index (Phi) is 6.53. The normalized spacial score (nSPS) is 13.9. The number of rotatable bonds is 9. The Hall–Kier alpha value is -1.80. The van der Waals surface area contributed by atoms with Gasteiger partial charge in [0.25, 0.3) is 0 Å². The number of Topliss-reactive ketones (excluding diaryl/α,β-unsaturated/α-hetero) is 1. The van der Waals surface area contributed by atoms with Crippen molar-refractivity contribution in [2.24, 2.45) is 5.92 Å². The molecule has 2 aromatic carbocycles. The van der Waals surface area contributed by atoms with Crippen LogP contribution in [0.3, 0.4) is 0 Å². The summed E-state index contributed by atoms with van der Waals surface area (Å²) in [4.78, 5) is 17.2. The van der Waals surface area contributed by atoms with Crippen molar-refractivity contribution in [3.8, 4) is 0 Å². The molecule has 0 bridgehead atoms. The topological polar surface area (TPSA) is 64.3 Å². The fraction of sp³-hybridized carbons (Fsp3) is 0.364. The van der Waals surface area contributed by atoms with E-state index in [1.165, 1.54) is 0 Å². The lowest BCUT2D eigenvalue weighted by molar-refractivity contribution is 0.0663. The molecule has 0 amide bonds. The smallest absolute Gasteiger partial charge is 0.188 e. The van der Waals surface area contributed by atoms with Gasteiger partial charge in [-0.05, 0) is 42.5 Å². The molecule has 0 saturated heterocycles. The minimum Gasteiger partial charge on any atom is -0.394 e. The molecular weight excluding hydrogens is 475 g/mol. The van der Waals surface area contributed by atoms with E-state index in [4.69, 9.17) is 21.4 Å². The molecule has 0 radical (unpaired) electrons. The number of benzene rings is 2. The fourth-order valence-electron chi connectivity index (χ4n) is 3.51. The van der Waals surface area contributed by atoms with Crippen LogP contribution in [0.4, 0.5) is 4.39 Å². The van der Waals surface area contributed by atoms with Gasteiger partial charge in [0, 0.05) is 33.6 Å². The third kappa shape index (κ3) is 4.59. The molecule has 1 heterocycles. The first kappa shape index (κ1) is 21.4. The van der Waals surface area contributed by atoms with Gasteiger partial charge in [-0.2, -0.15) is 0 Å². The van der Waals surface area contributed by atoms with E-state index in [0.717, 1.165) is 23.9 Å². The quantitative estimate of drug-likeness (QED) is 0.343. The minimum atomic E-state index is -0.508. The van der Waals surface area contributed by atoms with E-state index in [-0.39, 0.29) is 48.7 Å². The number of hydrogen-bond acceptors (Lipinski definition) is 4. The maximum absolute atomic E-state index is 15.6. The molecule has 1 fully saturated rings. The van der Waals surface area contributed by atoms with Crippen molar-refractivity contribution in [1.29, 1.82) is 0 Å². The number of carbonyl (C=O) groups excluding carboxylic acids is 1. The van der Waals surface area contributed by atoms with Gasteiger partial charge in [-0.25, -0.2) is 9.37 Å². The summed E-state index contributed by atoms with van der Waals surface area (Å²) in [5.41, 5.74) is 2.08. The zero-order valence-corrected chi connectivity index (χ0v) is 18.5. The molecule has 3 aromatic rings. The molecule has 1 aromatic heterocycles. The molecule has 5 nitrogen and oxygen atoms in total. The number of ketones is 1. The Morgan fingerprint density at radius 1 is 1.37 bits per heavy atom. The van der Waals surface area contributed by atoms with Gasteiger partial charge < -0.3 is 14.4 Å². The lowest BCUT2D eigenvalue weighted by Gasteiger charge is -2.13. The SMILES string of the molecule is O=C(COCCO)c1cc2c(ncn2CC2CC2)c(F)c1Cc1ccc(Br)cc1Cl. The van der Waals surface area contributed by atoms with Crippen molar-refractivity contribution in [2.45, 2.75) is 25.8 Å². The van der Waals surface area contributed by atoms with Crippen molar-refractivity contribution in [3.63, 3.8) is 0 Å². The summed E-state index contributed by atoms with van der Waals surface area (Å²) in [6.07, 6.45) is 4.11. The van der Waals surface area contributed by atoms with Crippen molar-refractivity contribution < 1.29 is 19.0 Å². The first-order valence-electron chi connectivity index (χ1n) is 9.80. The standard InChI is InChI=1S/C22H21BrClFN2O3/c23-15-4-3-14(18(24)8-15)7-17-16(20(29)11-30-6-5-28)9-19-22(21(17)25)26-12-27(19)10-13-1-2-13/h3-4,8-9,12-13,28H,1-2,5-7,10-11H2. The van der Waals surface area contributed by atoms with E-state index in [1.807, 2.05) is 10.6 Å². The summed E-state index contributed by atoms with van der Waals surface area (Å²) < 4.78 is 23.5. The summed E-state index contributed by atoms with van der Waals surface area (Å²) in [6, 6.07) is 7.08. The van der Waals surface area contributed by atoms with Gasteiger partial charge >= 0.3 is 0 Å². The Labute approximate surface area is 186 Å². The van der Waals surface area contributed by atoms with Crippen molar-refractivity contribution >= 4 is 44.3 Å². The number of aliphatic hydroxyl groups is 1. The van der Waals surface area contributed by atoms with Crippen LogP contribution in [0, 0.1) is 11.7 Å². The Balaban J connectivity index is 1.78. The predicted molar refractivity (Wildman–Crippen MR) is 117 cm³/mol. The highest BCUT2D eigenvalue weighted by Gasteiger charge is 2.25. The van der Waals surface area contributed by atoms with E-state index in [9.17, 15) is 4.79 Å². The van der Waals surface area contributed by atoms with Crippen LogP contribution in [0.5, 0.6) is 0 Å². The first-order valence-corrected chi connectivity index (χ1v) is 11.0. The average molecular weight is 496 g/mol. The average Bonchev–Trinajstić information content (AvgIpc) is 3.44. The highest BCUT2D eigenvalue weighted by atomic mass is 79.9. The maximum atomic E-state index is 15.6. The second kappa shape index (κ2) is 9.14. The molecule has 0 atom stereocenters. The number of imidazole rings is 1. The van der Waals surface area contributed by atoms with Crippen LogP contribution in [-0.2, 0) is 17.7 Å². The number of aliphatic hydroxyl groups excluding tert-OH is 1. The monoisotopic (exact) mass is 494 g/mol. The van der Waals surface area contributed by atoms with Crippen LogP contribution in [0.25, 0.3) is 11.0 Å². The van der Waals surface area contributed by atoms with Gasteiger partial charge in [0.15, 0.2) is 11.6 Å². The van der Waals surface area contributed by atoms with Crippen LogP contribution >= 0.6 is 27.5 Å². The van der Waals surface area contributed by atoms with Crippen molar-refractivity contribution in [3.05, 3.63) is 62.6 Å². The van der Waals surface area contributed by atoms with E-state index in [1.54, 1.807) is 24.5 Å². The summed E-state index contributed by atoms with van der Waals surface area (Å²) >= 11 is 9.71. The minimum absolute atomic E-state index is 0.0456. The Bertz CT molecular complexity index is 1100. The van der Waals surface area contributed by atoms with Gasteiger partial charge in [0.05, 0.1) is 25.1 Å². The van der Waals surface area contributed by atoms with Gasteiger partial charge in [-0.15, -0.1) is 0 Å². The van der Waals surface area contributed by atoms with Gasteiger partial charge in [0.1, 0.15) is 12.1 Å². The number of nitrogens with zero attached hydrogens (tertiary/aromatic N) is 2. The molecule has 158 valence electrons. The number of ether oxygens (including phenoxy) is 1. The zero-order chi connectivity index (χ0) is 21.3. The van der Waals surface area contributed by atoms with E-state index >= 15 is 4.39 Å². The fourth-order valence-corrected chi connectivity index (χ4v) is 4.25. The number of halogens is 3. The lowest BCUT2D eigenvalue weighted by atomic mass is 9.95. The summed E-state index contributed by atoms with van der Waals surface area (Å²) in [7, 11) is 0. The number of hydrogen-bond donors (Lipinski definition) is 1. The molecule has 30 heavy (non-hydrogen) atoms.